The van der Waals surface area contributed by atoms with Crippen LogP contribution in [0.4, 0.5) is 16.2 Å². The molecule has 38 heavy (non-hydrogen) atoms. The van der Waals surface area contributed by atoms with Gasteiger partial charge in [0.05, 0.1) is 12.9 Å². The number of carbonyl (C=O) groups is 1. The quantitative estimate of drug-likeness (QED) is 0.171. The molecule has 2 aromatic heterocycles. The molecule has 1 saturated heterocycles. The summed E-state index contributed by atoms with van der Waals surface area (Å²) in [6.45, 7) is 4.09. The number of halogens is 1. The first kappa shape index (κ1) is 27.4. The van der Waals surface area contributed by atoms with E-state index in [9.17, 15) is 19.6 Å². The third-order valence-corrected chi connectivity index (χ3v) is 7.47. The number of aliphatic carboxylic acids is 1. The van der Waals surface area contributed by atoms with Gasteiger partial charge in [-0.2, -0.15) is 15.1 Å². The van der Waals surface area contributed by atoms with Crippen molar-refractivity contribution in [3.8, 4) is 5.75 Å². The average molecular weight is 551 g/mol. The van der Waals surface area contributed by atoms with Crippen molar-refractivity contribution in [1.82, 2.24) is 24.6 Å². The molecule has 6 atom stereocenters. The van der Waals surface area contributed by atoms with Gasteiger partial charge in [0.1, 0.15) is 24.0 Å². The molecule has 14 nitrogen and oxygen atoms in total. The van der Waals surface area contributed by atoms with Gasteiger partial charge in [0.25, 0.3) is 0 Å². The lowest BCUT2D eigenvalue weighted by Crippen LogP contribution is -2.42. The molecule has 0 aliphatic carbocycles. The second kappa shape index (κ2) is 10.6. The van der Waals surface area contributed by atoms with Gasteiger partial charge in [0.2, 0.25) is 11.6 Å². The first-order chi connectivity index (χ1) is 18.0. The summed E-state index contributed by atoms with van der Waals surface area (Å²) in [5, 5.41) is 25.3. The Morgan fingerprint density at radius 2 is 2.13 bits per heavy atom. The SMILES string of the molecule is C=C[C@@]1(F)[C@H](O)[C@@H](COP(=O)(N[C@H](C)C(=O)O)Oc2ccccc2)O[C@H]1n1cnc2c(NC)nc(N)nc21. The van der Waals surface area contributed by atoms with E-state index in [1.54, 1.807) is 25.2 Å². The molecule has 1 aliphatic rings. The molecule has 0 saturated carbocycles. The smallest absolute Gasteiger partial charge is 0.459 e. The second-order valence-corrected chi connectivity index (χ2v) is 10.1. The lowest BCUT2D eigenvalue weighted by molar-refractivity contribution is -0.138. The molecule has 1 fully saturated rings. The summed E-state index contributed by atoms with van der Waals surface area (Å²) < 4.78 is 47.5. The first-order valence-corrected chi connectivity index (χ1v) is 12.9. The number of fused-ring (bicyclic) bond motifs is 1. The lowest BCUT2D eigenvalue weighted by Gasteiger charge is -2.25. The van der Waals surface area contributed by atoms with Crippen LogP contribution in [0.25, 0.3) is 11.2 Å². The molecule has 0 radical (unpaired) electrons. The number of nitrogen functional groups attached to an aromatic ring is 1. The minimum absolute atomic E-state index is 0.109. The summed E-state index contributed by atoms with van der Waals surface area (Å²) in [5.74, 6) is -1.00. The highest BCUT2D eigenvalue weighted by molar-refractivity contribution is 7.52. The van der Waals surface area contributed by atoms with Crippen LogP contribution in [0.2, 0.25) is 0 Å². The number of aromatic nitrogens is 4. The van der Waals surface area contributed by atoms with E-state index in [-0.39, 0.29) is 22.9 Å². The molecule has 1 aromatic carbocycles. The third kappa shape index (κ3) is 5.19. The highest BCUT2D eigenvalue weighted by Crippen LogP contribution is 2.48. The summed E-state index contributed by atoms with van der Waals surface area (Å²) in [6, 6.07) is 6.57. The maximum absolute atomic E-state index is 16.1. The van der Waals surface area contributed by atoms with Crippen molar-refractivity contribution >= 4 is 36.6 Å². The standard InChI is InChI=1S/C22H27FN7O7P/c1-4-22(23)16(31)14(36-20(22)30-11-26-15-17(25-3)27-21(24)28-18(15)30)10-35-38(34,29-12(2)19(32)33)37-13-8-6-5-7-9-13/h4-9,11-12,14,16,20,31H,1,10H2,2-3H3,(H,29,34)(H,32,33)(H3,24,25,27,28)/t12-,14-,16-,20-,22-,38?/m1/s1. The Balaban J connectivity index is 1.61. The summed E-state index contributed by atoms with van der Waals surface area (Å²) in [6.07, 6.45) is -2.63. The number of hydrogen-bond acceptors (Lipinski definition) is 11. The van der Waals surface area contributed by atoms with Crippen LogP contribution in [0, 0.1) is 0 Å². The third-order valence-electron chi connectivity index (χ3n) is 5.83. The predicted molar refractivity (Wildman–Crippen MR) is 134 cm³/mol. The number of aliphatic hydroxyl groups is 1. The van der Waals surface area contributed by atoms with Crippen LogP contribution in [0.3, 0.4) is 0 Å². The van der Waals surface area contributed by atoms with Gasteiger partial charge in [-0.1, -0.05) is 24.8 Å². The molecular formula is C22H27FN7O7P. The Morgan fingerprint density at radius 3 is 2.76 bits per heavy atom. The highest BCUT2D eigenvalue weighted by Gasteiger charge is 2.57. The predicted octanol–water partition coefficient (Wildman–Crippen LogP) is 1.87. The number of nitrogens with two attached hydrogens (primary N) is 1. The molecule has 16 heteroatoms. The minimum Gasteiger partial charge on any atom is -0.480 e. The summed E-state index contributed by atoms with van der Waals surface area (Å²) >= 11 is 0. The Bertz CT molecular complexity index is 1380. The zero-order valence-electron chi connectivity index (χ0n) is 20.4. The molecular weight excluding hydrogens is 524 g/mol. The topological polar surface area (TPSA) is 196 Å². The molecule has 0 spiro atoms. The number of para-hydroxylation sites is 1. The fraction of sp³-hybridized carbons (Fsp3) is 0.364. The van der Waals surface area contributed by atoms with Gasteiger partial charge in [0.15, 0.2) is 23.2 Å². The molecule has 1 unspecified atom stereocenters. The van der Waals surface area contributed by atoms with Crippen LogP contribution in [0.1, 0.15) is 13.2 Å². The van der Waals surface area contributed by atoms with Crippen molar-refractivity contribution in [3.05, 3.63) is 49.3 Å². The molecule has 6 N–H and O–H groups in total. The van der Waals surface area contributed by atoms with Crippen LogP contribution in [0.15, 0.2) is 49.3 Å². The van der Waals surface area contributed by atoms with Crippen molar-refractivity contribution in [2.45, 2.75) is 37.1 Å². The zero-order valence-corrected chi connectivity index (χ0v) is 21.3. The van der Waals surface area contributed by atoms with Gasteiger partial charge in [-0.15, -0.1) is 0 Å². The van der Waals surface area contributed by atoms with Gasteiger partial charge < -0.3 is 30.5 Å². The van der Waals surface area contributed by atoms with E-state index in [1.807, 2.05) is 0 Å². The maximum atomic E-state index is 16.1. The maximum Gasteiger partial charge on any atom is 0.459 e. The van der Waals surface area contributed by atoms with E-state index in [4.69, 9.17) is 19.5 Å². The molecule has 204 valence electrons. The number of anilines is 2. The number of aliphatic hydroxyl groups excluding tert-OH is 1. The Kier molecular flexibility index (Phi) is 7.67. The van der Waals surface area contributed by atoms with Crippen molar-refractivity contribution in [3.63, 3.8) is 0 Å². The van der Waals surface area contributed by atoms with Gasteiger partial charge in [-0.05, 0) is 25.1 Å². The number of hydrogen-bond donors (Lipinski definition) is 5. The van der Waals surface area contributed by atoms with Crippen molar-refractivity contribution in [1.29, 1.82) is 0 Å². The van der Waals surface area contributed by atoms with Crippen molar-refractivity contribution in [2.24, 2.45) is 0 Å². The van der Waals surface area contributed by atoms with Crippen LogP contribution in [-0.2, 0) is 18.6 Å². The number of carboxylic acid groups (broad SMARTS) is 1. The molecule has 3 aromatic rings. The van der Waals surface area contributed by atoms with Crippen molar-refractivity contribution in [2.75, 3.05) is 24.7 Å². The molecule has 0 amide bonds. The first-order valence-electron chi connectivity index (χ1n) is 11.3. The van der Waals surface area contributed by atoms with Gasteiger partial charge in [-0.25, -0.2) is 13.9 Å². The monoisotopic (exact) mass is 551 g/mol. The second-order valence-electron chi connectivity index (χ2n) is 8.39. The lowest BCUT2D eigenvalue weighted by atomic mass is 9.96. The van der Waals surface area contributed by atoms with Crippen LogP contribution in [-0.4, -0.2) is 73.3 Å². The highest BCUT2D eigenvalue weighted by atomic mass is 31.2. The van der Waals surface area contributed by atoms with E-state index in [0.717, 1.165) is 6.08 Å². The number of nitrogens with one attached hydrogen (secondary N) is 2. The van der Waals surface area contributed by atoms with Gasteiger partial charge in [0, 0.05) is 7.05 Å². The van der Waals surface area contributed by atoms with E-state index in [0.29, 0.717) is 5.82 Å². The number of benzene rings is 1. The summed E-state index contributed by atoms with van der Waals surface area (Å²) in [4.78, 5) is 23.7. The Hall–Kier alpha value is -3.62. The van der Waals surface area contributed by atoms with E-state index in [1.165, 1.54) is 30.0 Å². The van der Waals surface area contributed by atoms with E-state index in [2.05, 4.69) is 31.9 Å². The zero-order chi connectivity index (χ0) is 27.7. The summed E-state index contributed by atoms with van der Waals surface area (Å²) in [5.41, 5.74) is 3.62. The fourth-order valence-corrected chi connectivity index (χ4v) is 5.37. The number of alkyl halides is 1. The number of carboxylic acids is 1. The summed E-state index contributed by atoms with van der Waals surface area (Å²) in [7, 11) is -2.75. The molecule has 4 rings (SSSR count). The normalized spacial score (nSPS) is 25.5. The van der Waals surface area contributed by atoms with Crippen LogP contribution in [0.5, 0.6) is 5.75 Å². The van der Waals surface area contributed by atoms with Gasteiger partial charge >= 0.3 is 13.7 Å². The Morgan fingerprint density at radius 1 is 1.42 bits per heavy atom. The van der Waals surface area contributed by atoms with Gasteiger partial charge in [-0.3, -0.25) is 13.9 Å². The van der Waals surface area contributed by atoms with E-state index < -0.39 is 50.5 Å². The number of ether oxygens (including phenoxy) is 1. The number of imidazole rings is 1. The Labute approximate surface area is 216 Å². The fourth-order valence-electron chi connectivity index (χ4n) is 3.86. The van der Waals surface area contributed by atoms with Crippen molar-refractivity contribution < 1.29 is 37.7 Å². The average Bonchev–Trinajstić information content (AvgIpc) is 3.41. The molecule has 0 bridgehead atoms. The number of nitrogens with zero attached hydrogens (tertiary/aromatic N) is 4. The number of rotatable bonds is 11. The molecule has 1 aliphatic heterocycles. The van der Waals surface area contributed by atoms with Crippen LogP contribution >= 0.6 is 7.75 Å². The molecule has 3 heterocycles. The van der Waals surface area contributed by atoms with Crippen LogP contribution < -0.4 is 20.7 Å². The largest absolute Gasteiger partial charge is 0.480 e. The van der Waals surface area contributed by atoms with E-state index >= 15 is 4.39 Å². The minimum atomic E-state index is -4.35.